The molecule has 0 fully saturated rings. The molecule has 4 atom stereocenters. The van der Waals surface area contributed by atoms with Gasteiger partial charge in [0, 0.05) is 63.9 Å². The number of aliphatic carboxylic acids is 11. The van der Waals surface area contributed by atoms with Gasteiger partial charge in [0.05, 0.1) is 53.0 Å². The van der Waals surface area contributed by atoms with Crippen LogP contribution in [0, 0.1) is 18.8 Å². The standard InChI is InChI=1S/C13H24O3.C11H20O3.C10H18O3.C8H6O4.C8H8O2.2C7H10O6.C7H10O5.C7H8O5.C7H6O2.CO2/c1-12(14)10-8-6-4-2-3-5-7-9-11-13(15)16;1-10(12)8-6-4-2-3-5-7-9-11(13)14;1-9(11)7-5-3-2-4-6-8-10(12)13;9-7(10)5-2-1-3-6(4-5)8(11)12;1-6-2-4-7(5-3-6)8(9)10;1-4(8)2-7(13,6(11)12)3-5(9)10;1-3(8)6(11)4(7(12)13)2-5(9)10;2*1-4(8)2-5(7(11)12)3-6(9)10;8-7(9)6-4-2-1-3-5-6;2-1-3/h2-11H2,1H3,(H,15,16);2-9H2,1H3,(H,13,14);2-8H2,1H3,(H,12,13);1-4H,(H,9,10)(H,11,12);2-5H,1H3,(H,9,10);13H,2-3H2,1H3,(H,9,10)(H,11,12);4,6,11H,2H2,1H3,(H,9,10)(H,12,13);5H,2-3H2,1H3,(H,9,10)(H,11,12);3H,2H2,1H3,(H,9,10)(H,11,12);1-5H,(H,8,9);/b;;;;;;;;5-3-;;. The largest absolute Gasteiger partial charge is 0.481 e. The number of hydrogen-bond donors (Lipinski definition) is 17. The highest BCUT2D eigenvalue weighted by Gasteiger charge is 2.40. The number of carbonyl (C=O) groups excluding carboxylic acids is 9. The Bertz CT molecular complexity index is 3870. The number of aromatic carboxylic acids is 4. The number of benzene rings is 3. The van der Waals surface area contributed by atoms with Crippen LogP contribution in [0.3, 0.4) is 0 Å². The van der Waals surface area contributed by atoms with Crippen molar-refractivity contribution in [2.75, 3.05) is 0 Å². The molecule has 41 heteroatoms. The van der Waals surface area contributed by atoms with Gasteiger partial charge in [0.2, 0.25) is 0 Å². The Kier molecular flexibility index (Phi) is 82.1. The van der Waals surface area contributed by atoms with Crippen LogP contribution in [0.5, 0.6) is 0 Å². The maximum atomic E-state index is 10.7. The molecule has 710 valence electrons. The molecule has 0 aliphatic carbocycles. The van der Waals surface area contributed by atoms with Crippen molar-refractivity contribution in [2.24, 2.45) is 11.8 Å². The highest BCUT2D eigenvalue weighted by molar-refractivity contribution is 5.99. The van der Waals surface area contributed by atoms with Crippen LogP contribution in [0.4, 0.5) is 0 Å². The summed E-state index contributed by atoms with van der Waals surface area (Å²) in [5, 5.41) is 144. The van der Waals surface area contributed by atoms with Gasteiger partial charge in [-0.05, 0) is 136 Å². The van der Waals surface area contributed by atoms with Crippen LogP contribution >= 0.6 is 0 Å². The quantitative estimate of drug-likeness (QED) is 0.0184. The number of aliphatic hydroxyl groups excluding tert-OH is 1. The molecule has 41 nitrogen and oxygen atoms in total. The van der Waals surface area contributed by atoms with E-state index in [4.69, 9.17) is 91.3 Å². The molecule has 0 saturated carbocycles. The lowest BCUT2D eigenvalue weighted by atomic mass is 9.94. The second-order valence-electron chi connectivity index (χ2n) is 27.7. The summed E-state index contributed by atoms with van der Waals surface area (Å²) in [6.45, 7) is 11.3. The summed E-state index contributed by atoms with van der Waals surface area (Å²) < 4.78 is 0. The molecule has 17 N–H and O–H groups in total. The fourth-order valence-corrected chi connectivity index (χ4v) is 9.40. The van der Waals surface area contributed by atoms with E-state index in [9.17, 15) is 111 Å². The molecule has 0 heterocycles. The summed E-state index contributed by atoms with van der Waals surface area (Å²) in [5.41, 5.74) is -1.19. The van der Waals surface area contributed by atoms with Crippen LogP contribution < -0.4 is 0 Å². The zero-order valence-corrected chi connectivity index (χ0v) is 72.1. The number of Topliss-reactive ketones (excluding diaryl/α,β-unsaturated/α-hetero) is 7. The van der Waals surface area contributed by atoms with E-state index in [2.05, 4.69) is 0 Å². The van der Waals surface area contributed by atoms with Gasteiger partial charge in [-0.25, -0.2) is 33.6 Å². The number of aliphatic hydroxyl groups is 2. The molecule has 0 aliphatic rings. The van der Waals surface area contributed by atoms with Crippen molar-refractivity contribution in [1.82, 2.24) is 0 Å². The van der Waals surface area contributed by atoms with Crippen LogP contribution in [0.1, 0.15) is 295 Å². The van der Waals surface area contributed by atoms with Crippen molar-refractivity contribution in [1.29, 1.82) is 0 Å². The summed E-state index contributed by atoms with van der Waals surface area (Å²) in [6, 6.07) is 20.2. The number of ketones is 7. The predicted molar refractivity (Wildman–Crippen MR) is 445 cm³/mol. The van der Waals surface area contributed by atoms with Gasteiger partial charge in [-0.1, -0.05) is 125 Å². The molecule has 0 amide bonds. The number of carbonyl (C=O) groups is 22. The number of unbranched alkanes of at least 4 members (excludes halogenated alkanes) is 16. The fourth-order valence-electron chi connectivity index (χ4n) is 9.40. The van der Waals surface area contributed by atoms with Crippen LogP contribution in [-0.2, 0) is 95.9 Å². The normalized spacial score (nSPS) is 10.9. The lowest BCUT2D eigenvalue weighted by Gasteiger charge is -2.19. The van der Waals surface area contributed by atoms with E-state index in [0.717, 1.165) is 135 Å². The predicted octanol–water partition coefficient (Wildman–Crippen LogP) is 10.9. The third kappa shape index (κ3) is 94.5. The molecule has 4 unspecified atom stereocenters. The van der Waals surface area contributed by atoms with Crippen LogP contribution in [0.15, 0.2) is 90.5 Å². The molecule has 3 aromatic carbocycles. The SMILES string of the molecule is CC(=O)C(O)C(CC(=O)O)C(=O)O.CC(=O)C/C(=C/C(=O)O)C(=O)O.CC(=O)CC(CC(=O)O)C(=O)O.CC(=O)CC(O)(CC(=O)O)C(=O)O.CC(=O)CCCCCCCC(=O)O.CC(=O)CCCCCCCCC(=O)O.CC(=O)CCCCCCCCCCC(=O)O.Cc1ccc(C(=O)O)cc1.O=C(O)c1cccc(C(=O)O)c1.O=C(O)c1ccccc1.O=C=O. The Morgan fingerprint density at radius 3 is 0.882 bits per heavy atom. The number of rotatable bonds is 51. The van der Waals surface area contributed by atoms with E-state index >= 15 is 0 Å². The Morgan fingerprint density at radius 1 is 0.339 bits per heavy atom. The molecule has 0 aliphatic heterocycles. The van der Waals surface area contributed by atoms with E-state index in [1.54, 1.807) is 75.4 Å². The summed E-state index contributed by atoms with van der Waals surface area (Å²) in [7, 11) is 0. The first-order valence-corrected chi connectivity index (χ1v) is 39.1. The Balaban J connectivity index is -0.000000206. The molecule has 0 aromatic heterocycles. The lowest BCUT2D eigenvalue weighted by molar-refractivity contribution is -0.192. The van der Waals surface area contributed by atoms with E-state index < -0.39 is 156 Å². The first-order valence-electron chi connectivity index (χ1n) is 39.1. The first-order chi connectivity index (χ1) is 58.9. The maximum Gasteiger partial charge on any atom is 0.373 e. The van der Waals surface area contributed by atoms with Crippen molar-refractivity contribution < 1.29 is 202 Å². The van der Waals surface area contributed by atoms with E-state index in [1.165, 1.54) is 51.3 Å². The topological polar surface area (TPSA) is 754 Å². The van der Waals surface area contributed by atoms with Crippen LogP contribution in [0.25, 0.3) is 0 Å². The van der Waals surface area contributed by atoms with Crippen molar-refractivity contribution >= 4 is 136 Å². The summed E-state index contributed by atoms with van der Waals surface area (Å²) >= 11 is 0. The average molecular weight is 1810 g/mol. The van der Waals surface area contributed by atoms with Crippen LogP contribution in [0.2, 0.25) is 0 Å². The minimum atomic E-state index is -2.49. The Morgan fingerprint density at radius 2 is 0.654 bits per heavy atom. The van der Waals surface area contributed by atoms with Crippen molar-refractivity contribution in [2.45, 2.75) is 266 Å². The first kappa shape index (κ1) is 129. The van der Waals surface area contributed by atoms with Gasteiger partial charge in [0.1, 0.15) is 46.7 Å². The van der Waals surface area contributed by atoms with Gasteiger partial charge < -0.3 is 106 Å². The molecule has 3 rings (SSSR count). The second kappa shape index (κ2) is 80.8. The van der Waals surface area contributed by atoms with E-state index in [-0.39, 0.29) is 71.9 Å². The third-order valence-electron chi connectivity index (χ3n) is 15.6. The number of carboxylic acids is 15. The monoisotopic (exact) mass is 1810 g/mol. The van der Waals surface area contributed by atoms with E-state index in [0.29, 0.717) is 36.5 Å². The van der Waals surface area contributed by atoms with Gasteiger partial charge in [-0.15, -0.1) is 0 Å². The molecule has 0 saturated heterocycles. The Hall–Kier alpha value is -13.6. The molecule has 127 heavy (non-hydrogen) atoms. The number of aryl methyl sites for hydroxylation is 1. The number of carboxylic acid groups (broad SMARTS) is 15. The molecule has 0 bridgehead atoms. The van der Waals surface area contributed by atoms with Gasteiger partial charge in [0.25, 0.3) is 0 Å². The maximum absolute atomic E-state index is 10.7. The van der Waals surface area contributed by atoms with Gasteiger partial charge in [-0.3, -0.25) is 52.7 Å². The van der Waals surface area contributed by atoms with E-state index in [1.807, 2.05) is 6.92 Å². The van der Waals surface area contributed by atoms with Gasteiger partial charge in [0.15, 0.2) is 11.4 Å². The molecule has 0 radical (unpaired) electrons. The van der Waals surface area contributed by atoms with Crippen molar-refractivity contribution in [3.63, 3.8) is 0 Å². The summed E-state index contributed by atoms with van der Waals surface area (Å²) in [6.07, 6.45) is 18.0. The van der Waals surface area contributed by atoms with Crippen molar-refractivity contribution in [3.8, 4) is 0 Å². The van der Waals surface area contributed by atoms with Gasteiger partial charge in [-0.2, -0.15) is 9.59 Å². The minimum Gasteiger partial charge on any atom is -0.481 e. The average Bonchev–Trinajstić information content (AvgIpc) is 0.858. The Labute approximate surface area is 731 Å². The zero-order chi connectivity index (χ0) is 99.9. The summed E-state index contributed by atoms with van der Waals surface area (Å²) in [5.74, 6) is -21.3. The molecule has 0 spiro atoms. The fraction of sp³-hybridized carbons (Fsp3) is 0.500. The van der Waals surface area contributed by atoms with Crippen molar-refractivity contribution in [3.05, 3.63) is 118 Å². The van der Waals surface area contributed by atoms with Gasteiger partial charge >= 0.3 is 95.7 Å². The van der Waals surface area contributed by atoms with Crippen LogP contribution in [-0.4, -0.2) is 235 Å². The highest BCUT2D eigenvalue weighted by atomic mass is 16.4. The smallest absolute Gasteiger partial charge is 0.373 e. The number of hydrogen-bond acceptors (Lipinski definition) is 26. The lowest BCUT2D eigenvalue weighted by Crippen LogP contribution is -2.42. The molecule has 3 aromatic rings. The second-order valence-corrected chi connectivity index (χ2v) is 27.7. The molecular weight excluding hydrogens is 1690 g/mol. The third-order valence-corrected chi connectivity index (χ3v) is 15.6. The zero-order valence-electron chi connectivity index (χ0n) is 72.1. The molecular formula is C86H120O41. The summed E-state index contributed by atoms with van der Waals surface area (Å²) in [4.78, 5) is 244. The highest BCUT2D eigenvalue weighted by Crippen LogP contribution is 2.18. The minimum absolute atomic E-state index is 0.0186.